The van der Waals surface area contributed by atoms with Crippen molar-refractivity contribution in [3.8, 4) is 55.6 Å². The zero-order chi connectivity index (χ0) is 42.5. The van der Waals surface area contributed by atoms with Gasteiger partial charge in [-0.1, -0.05) is 167 Å². The first-order valence-electron chi connectivity index (χ1n) is 23.4. The van der Waals surface area contributed by atoms with Crippen LogP contribution in [0.25, 0.3) is 55.6 Å². The van der Waals surface area contributed by atoms with Crippen LogP contribution in [0.3, 0.4) is 0 Å². The quantitative estimate of drug-likeness (QED) is 0.162. The first-order valence-corrected chi connectivity index (χ1v) is 23.4. The molecule has 5 unspecified atom stereocenters. The lowest BCUT2D eigenvalue weighted by atomic mass is 9.49. The normalized spacial score (nSPS) is 22.2. The van der Waals surface area contributed by atoms with Gasteiger partial charge in [0, 0.05) is 27.9 Å². The summed E-state index contributed by atoms with van der Waals surface area (Å²) in [5.41, 5.74) is 22.5. The molecule has 1 spiro atoms. The molecule has 1 nitrogen and oxygen atoms in total. The molecular weight excluding hydrogens is 759 g/mol. The second kappa shape index (κ2) is 14.6. The summed E-state index contributed by atoms with van der Waals surface area (Å²) in [4.78, 5) is 2.42. The van der Waals surface area contributed by atoms with Gasteiger partial charge < -0.3 is 4.90 Å². The molecule has 0 N–H and O–H groups in total. The Kier molecular flexibility index (Phi) is 8.84. The first kappa shape index (κ1) is 38.3. The molecule has 5 atom stereocenters. The van der Waals surface area contributed by atoms with Crippen LogP contribution in [0.5, 0.6) is 0 Å². The topological polar surface area (TPSA) is 3.24 Å². The summed E-state index contributed by atoms with van der Waals surface area (Å²) in [6.07, 6.45) is 5.47. The number of rotatable bonds is 6. The predicted molar refractivity (Wildman–Crippen MR) is 265 cm³/mol. The van der Waals surface area contributed by atoms with E-state index < -0.39 is 0 Å². The summed E-state index contributed by atoms with van der Waals surface area (Å²) in [5, 5.41) is 0. The Morgan fingerprint density at radius 3 is 1.63 bits per heavy atom. The van der Waals surface area contributed by atoms with E-state index >= 15 is 0 Å². The molecule has 12 rings (SSSR count). The van der Waals surface area contributed by atoms with Crippen LogP contribution >= 0.6 is 0 Å². The number of fused-ring (bicyclic) bond motifs is 11. The van der Waals surface area contributed by atoms with Gasteiger partial charge in [0.1, 0.15) is 0 Å². The zero-order valence-corrected chi connectivity index (χ0v) is 37.0. The van der Waals surface area contributed by atoms with Gasteiger partial charge in [-0.2, -0.15) is 0 Å². The van der Waals surface area contributed by atoms with Crippen molar-refractivity contribution in [3.05, 3.63) is 210 Å². The lowest BCUT2D eigenvalue weighted by Gasteiger charge is -2.54. The number of nitrogens with zero attached hydrogens (tertiary/aromatic N) is 1. The Hall–Kier alpha value is -6.44. The van der Waals surface area contributed by atoms with Crippen LogP contribution in [0.2, 0.25) is 0 Å². The molecule has 4 aliphatic carbocycles. The van der Waals surface area contributed by atoms with Gasteiger partial charge in [0.2, 0.25) is 0 Å². The van der Waals surface area contributed by atoms with Gasteiger partial charge in [0.05, 0.1) is 0 Å². The lowest BCUT2D eigenvalue weighted by molar-refractivity contribution is 0.0426. The summed E-state index contributed by atoms with van der Waals surface area (Å²) in [6.45, 7) is 9.80. The lowest BCUT2D eigenvalue weighted by Crippen LogP contribution is -2.49. The van der Waals surface area contributed by atoms with E-state index in [2.05, 4.69) is 221 Å². The summed E-state index contributed by atoms with van der Waals surface area (Å²) in [5.74, 6) is 3.05. The number of hydrogen-bond donors (Lipinski definition) is 0. The molecule has 0 aliphatic heterocycles. The molecule has 2 bridgehead atoms. The van der Waals surface area contributed by atoms with Crippen LogP contribution in [-0.2, 0) is 10.8 Å². The van der Waals surface area contributed by atoms with Crippen molar-refractivity contribution in [2.24, 2.45) is 23.7 Å². The molecule has 2 saturated carbocycles. The third-order valence-electron chi connectivity index (χ3n) is 16.0. The Morgan fingerprint density at radius 2 is 0.905 bits per heavy atom. The van der Waals surface area contributed by atoms with E-state index in [0.29, 0.717) is 11.8 Å². The van der Waals surface area contributed by atoms with Crippen molar-refractivity contribution < 1.29 is 0 Å². The van der Waals surface area contributed by atoms with Gasteiger partial charge >= 0.3 is 0 Å². The Balaban J connectivity index is 0.900. The molecule has 0 saturated heterocycles. The summed E-state index contributed by atoms with van der Waals surface area (Å²) < 4.78 is 0. The second-order valence-electron chi connectivity index (χ2n) is 20.0. The van der Waals surface area contributed by atoms with Crippen LogP contribution in [0.1, 0.15) is 75.6 Å². The first-order chi connectivity index (χ1) is 30.8. The van der Waals surface area contributed by atoms with Crippen molar-refractivity contribution in [3.63, 3.8) is 0 Å². The number of anilines is 3. The SMILES string of the molecule is CC1CC2CC(C)C3(c4ccccc4-c4cc(-c5cccc(-c6ccc(N(c7ccc(-c8ccccc8)cc7)c7ccc8c(c7)C(C)(C)c7ccccc7-8)cc6)c5)ccc43)C(C1)C2. The predicted octanol–water partition coefficient (Wildman–Crippen LogP) is 16.8. The maximum atomic E-state index is 2.57. The van der Waals surface area contributed by atoms with Gasteiger partial charge in [-0.3, -0.25) is 0 Å². The molecule has 0 radical (unpaired) electrons. The Labute approximate surface area is 374 Å². The molecule has 1 heteroatoms. The summed E-state index contributed by atoms with van der Waals surface area (Å²) in [7, 11) is 0. The third-order valence-corrected chi connectivity index (χ3v) is 16.0. The molecular formula is C62H55N. The Morgan fingerprint density at radius 1 is 0.381 bits per heavy atom. The van der Waals surface area contributed by atoms with E-state index in [9.17, 15) is 0 Å². The maximum absolute atomic E-state index is 2.57. The van der Waals surface area contributed by atoms with Gasteiger partial charge in [-0.05, 0) is 176 Å². The van der Waals surface area contributed by atoms with Crippen LogP contribution in [0, 0.1) is 23.7 Å². The Bertz CT molecular complexity index is 3020. The molecule has 0 aromatic heterocycles. The standard InChI is InChI=1S/C62H55N/c1-40-33-42-35-41(2)62(49(34-40)36-42)58-20-11-9-18-54(58)56-38-48(25-32-59(56)62)47-16-12-15-46(37-47)45-23-28-51(29-24-45)63(50-26-21-44(22-27-50)43-13-6-5-7-14-43)52-30-31-55-53-17-8-10-19-57(53)61(3,4)60(55)39-52/h5-32,37-42,49H,33-36H2,1-4H3. The van der Waals surface area contributed by atoms with Crippen molar-refractivity contribution in [1.29, 1.82) is 0 Å². The van der Waals surface area contributed by atoms with E-state index in [0.717, 1.165) is 28.9 Å². The molecule has 8 aromatic carbocycles. The van der Waals surface area contributed by atoms with Gasteiger partial charge in [0.25, 0.3) is 0 Å². The van der Waals surface area contributed by atoms with E-state index in [1.165, 1.54) is 92.4 Å². The average Bonchev–Trinajstić information content (AvgIpc) is 3.74. The number of hydrogen-bond acceptors (Lipinski definition) is 1. The van der Waals surface area contributed by atoms with Gasteiger partial charge in [0.15, 0.2) is 0 Å². The molecule has 2 fully saturated rings. The summed E-state index contributed by atoms with van der Waals surface area (Å²) in [6, 6.07) is 71.0. The molecule has 0 heterocycles. The fourth-order valence-electron chi connectivity index (χ4n) is 13.3. The highest BCUT2D eigenvalue weighted by molar-refractivity contribution is 5.88. The van der Waals surface area contributed by atoms with E-state index in [4.69, 9.17) is 0 Å². The highest BCUT2D eigenvalue weighted by Crippen LogP contribution is 2.64. The monoisotopic (exact) mass is 813 g/mol. The molecule has 0 amide bonds. The highest BCUT2D eigenvalue weighted by Gasteiger charge is 2.56. The second-order valence-corrected chi connectivity index (χ2v) is 20.0. The largest absolute Gasteiger partial charge is 0.310 e. The van der Waals surface area contributed by atoms with Crippen LogP contribution in [0.15, 0.2) is 188 Å². The van der Waals surface area contributed by atoms with E-state index in [-0.39, 0.29) is 10.8 Å². The van der Waals surface area contributed by atoms with Crippen molar-refractivity contribution >= 4 is 17.1 Å². The van der Waals surface area contributed by atoms with E-state index in [1.807, 2.05) is 0 Å². The van der Waals surface area contributed by atoms with Gasteiger partial charge in [-0.15, -0.1) is 0 Å². The van der Waals surface area contributed by atoms with E-state index in [1.54, 1.807) is 11.1 Å². The van der Waals surface area contributed by atoms with Crippen molar-refractivity contribution in [1.82, 2.24) is 0 Å². The molecule has 308 valence electrons. The van der Waals surface area contributed by atoms with Crippen LogP contribution in [0.4, 0.5) is 17.1 Å². The van der Waals surface area contributed by atoms with Crippen LogP contribution in [-0.4, -0.2) is 0 Å². The molecule has 8 aromatic rings. The average molecular weight is 814 g/mol. The highest BCUT2D eigenvalue weighted by atomic mass is 15.1. The van der Waals surface area contributed by atoms with Gasteiger partial charge in [-0.25, -0.2) is 0 Å². The number of benzene rings is 8. The maximum Gasteiger partial charge on any atom is 0.0465 e. The minimum atomic E-state index is -0.0880. The van der Waals surface area contributed by atoms with Crippen molar-refractivity contribution in [2.45, 2.75) is 64.2 Å². The summed E-state index contributed by atoms with van der Waals surface area (Å²) >= 11 is 0. The molecule has 63 heavy (non-hydrogen) atoms. The van der Waals surface area contributed by atoms with Crippen molar-refractivity contribution in [2.75, 3.05) is 4.90 Å². The van der Waals surface area contributed by atoms with Crippen LogP contribution < -0.4 is 4.90 Å². The third kappa shape index (κ3) is 5.96. The fourth-order valence-corrected chi connectivity index (χ4v) is 13.3. The molecule has 4 aliphatic rings. The minimum absolute atomic E-state index is 0.0880. The minimum Gasteiger partial charge on any atom is -0.310 e. The smallest absolute Gasteiger partial charge is 0.0465 e. The fraction of sp³-hybridized carbons (Fsp3) is 0.226. The zero-order valence-electron chi connectivity index (χ0n) is 37.0.